The average Bonchev–Trinajstić information content (AvgIpc) is 2.54. The summed E-state index contributed by atoms with van der Waals surface area (Å²) in [6.45, 7) is 1.89. The van der Waals surface area contributed by atoms with Gasteiger partial charge in [0.25, 0.3) is 0 Å². The number of hydrogen-bond donors (Lipinski definition) is 2. The maximum Gasteiger partial charge on any atom is 0.410 e. The lowest BCUT2D eigenvalue weighted by molar-refractivity contribution is 0.199. The summed E-state index contributed by atoms with van der Waals surface area (Å²) in [7, 11) is -1.82. The third-order valence-corrected chi connectivity index (χ3v) is 8.22. The van der Waals surface area contributed by atoms with Crippen LogP contribution >= 0.6 is 22.6 Å². The largest absolute Gasteiger partial charge is 0.465 e. The molecule has 0 saturated carbocycles. The minimum atomic E-state index is -3.14. The number of nitrogens with zero attached hydrogens (tertiary/aromatic N) is 2. The van der Waals surface area contributed by atoms with Crippen molar-refractivity contribution in [3.8, 4) is 0 Å². The highest BCUT2D eigenvalue weighted by atomic mass is 127. The molecule has 138 valence electrons. The van der Waals surface area contributed by atoms with Gasteiger partial charge in [0.1, 0.15) is 28.6 Å². The minimum absolute atomic E-state index is 0.0709. The highest BCUT2D eigenvalue weighted by molar-refractivity contribution is 14.1. The van der Waals surface area contributed by atoms with Crippen LogP contribution in [0.4, 0.5) is 13.6 Å². The molecular formula is C15H18F2IN3O3S. The lowest BCUT2D eigenvalue weighted by Gasteiger charge is -2.41. The van der Waals surface area contributed by atoms with Crippen LogP contribution in [-0.4, -0.2) is 45.5 Å². The second-order valence-electron chi connectivity index (χ2n) is 6.16. The van der Waals surface area contributed by atoms with Crippen molar-refractivity contribution < 1.29 is 22.9 Å². The van der Waals surface area contributed by atoms with Gasteiger partial charge in [-0.05, 0) is 54.6 Å². The van der Waals surface area contributed by atoms with Gasteiger partial charge in [0.05, 0.1) is 15.5 Å². The van der Waals surface area contributed by atoms with Crippen LogP contribution in [0.3, 0.4) is 0 Å². The van der Waals surface area contributed by atoms with Crippen molar-refractivity contribution in [2.24, 2.45) is 9.36 Å². The quantitative estimate of drug-likeness (QED) is 0.631. The van der Waals surface area contributed by atoms with Gasteiger partial charge in [0.15, 0.2) is 0 Å². The Morgan fingerprint density at radius 1 is 1.52 bits per heavy atom. The number of nitrogens with one attached hydrogen (secondary N) is 1. The van der Waals surface area contributed by atoms with E-state index < -0.39 is 38.6 Å². The van der Waals surface area contributed by atoms with Crippen molar-refractivity contribution in [2.45, 2.75) is 24.1 Å². The molecule has 25 heavy (non-hydrogen) atoms. The molecule has 0 bridgehead atoms. The Kier molecular flexibility index (Phi) is 5.43. The molecule has 0 aromatic heterocycles. The van der Waals surface area contributed by atoms with E-state index in [2.05, 4.69) is 14.7 Å². The van der Waals surface area contributed by atoms with Crippen molar-refractivity contribution in [3.05, 3.63) is 33.1 Å². The van der Waals surface area contributed by atoms with E-state index in [0.29, 0.717) is 3.57 Å². The van der Waals surface area contributed by atoms with Crippen LogP contribution in [-0.2, 0) is 15.3 Å². The van der Waals surface area contributed by atoms with Gasteiger partial charge in [0, 0.05) is 16.2 Å². The Balaban J connectivity index is 2.83. The molecule has 0 aliphatic carbocycles. The minimum Gasteiger partial charge on any atom is -0.465 e. The Morgan fingerprint density at radius 2 is 2.16 bits per heavy atom. The molecule has 10 heteroatoms. The van der Waals surface area contributed by atoms with Crippen molar-refractivity contribution in [1.29, 1.82) is 0 Å². The summed E-state index contributed by atoms with van der Waals surface area (Å²) in [4.78, 5) is 15.3. The second kappa shape index (κ2) is 6.78. The molecule has 1 aliphatic heterocycles. The smallest absolute Gasteiger partial charge is 0.410 e. The first-order valence-electron chi connectivity index (χ1n) is 7.25. The van der Waals surface area contributed by atoms with Gasteiger partial charge in [-0.25, -0.2) is 22.1 Å². The van der Waals surface area contributed by atoms with Crippen molar-refractivity contribution in [2.75, 3.05) is 19.5 Å². The van der Waals surface area contributed by atoms with Gasteiger partial charge >= 0.3 is 6.09 Å². The number of carboxylic acid groups (broad SMARTS) is 1. The first kappa shape index (κ1) is 20.0. The van der Waals surface area contributed by atoms with Crippen molar-refractivity contribution >= 4 is 44.2 Å². The van der Waals surface area contributed by atoms with E-state index >= 15 is 0 Å². The SMILES string of the molecule is CN=[S@]1(=O)C[C@@](CF)(c2cc(I)ccc2F)N=C(NC(=O)O)C1(C)C. The van der Waals surface area contributed by atoms with Gasteiger partial charge in [-0.15, -0.1) is 0 Å². The number of hydrogen-bond acceptors (Lipinski definition) is 4. The van der Waals surface area contributed by atoms with E-state index in [1.165, 1.54) is 39.1 Å². The standard InChI is InChI=1S/C15H18F2IN3O3S/c1-14(2)12(20-13(22)23)21-15(7-16,8-25(14,24)19-3)10-6-9(18)4-5-11(10)17/h4-6H,7-8H2,1-3H3,(H,20,21)(H,22,23)/t15-,25-/m0/s1. The molecule has 0 saturated heterocycles. The number of benzene rings is 1. The maximum absolute atomic E-state index is 14.4. The molecule has 0 spiro atoms. The fourth-order valence-corrected chi connectivity index (χ4v) is 5.52. The zero-order chi connectivity index (χ0) is 19.0. The first-order chi connectivity index (χ1) is 11.5. The Labute approximate surface area is 158 Å². The van der Waals surface area contributed by atoms with Crippen LogP contribution in [0.15, 0.2) is 27.6 Å². The summed E-state index contributed by atoms with van der Waals surface area (Å²) < 4.78 is 45.3. The molecule has 2 N–H and O–H groups in total. The van der Waals surface area contributed by atoms with Crippen molar-refractivity contribution in [3.63, 3.8) is 0 Å². The predicted molar refractivity (Wildman–Crippen MR) is 101 cm³/mol. The van der Waals surface area contributed by atoms with Crippen molar-refractivity contribution in [1.82, 2.24) is 5.32 Å². The van der Waals surface area contributed by atoms with E-state index in [1.54, 1.807) is 0 Å². The number of halogens is 3. The van der Waals surface area contributed by atoms with Gasteiger partial charge in [0.2, 0.25) is 0 Å². The van der Waals surface area contributed by atoms with Crippen LogP contribution in [0.2, 0.25) is 0 Å². The number of alkyl halides is 1. The van der Waals surface area contributed by atoms with Gasteiger partial charge in [-0.3, -0.25) is 10.3 Å². The van der Waals surface area contributed by atoms with E-state index in [1.807, 2.05) is 22.6 Å². The fraction of sp³-hybridized carbons (Fsp3) is 0.467. The monoisotopic (exact) mass is 485 g/mol. The van der Waals surface area contributed by atoms with Gasteiger partial charge < -0.3 is 5.11 Å². The highest BCUT2D eigenvalue weighted by Crippen LogP contribution is 2.40. The van der Waals surface area contributed by atoms with Crippen LogP contribution in [0.25, 0.3) is 0 Å². The summed E-state index contributed by atoms with van der Waals surface area (Å²) in [6, 6.07) is 4.11. The van der Waals surface area contributed by atoms with E-state index in [4.69, 9.17) is 5.11 Å². The molecule has 1 aromatic carbocycles. The lowest BCUT2D eigenvalue weighted by Crippen LogP contribution is -2.58. The molecule has 1 amide bonds. The zero-order valence-electron chi connectivity index (χ0n) is 13.8. The number of aliphatic imine (C=N–C) groups is 1. The zero-order valence-corrected chi connectivity index (χ0v) is 16.8. The lowest BCUT2D eigenvalue weighted by atomic mass is 9.92. The molecule has 0 radical (unpaired) electrons. The normalized spacial score (nSPS) is 28.2. The average molecular weight is 485 g/mol. The summed E-state index contributed by atoms with van der Waals surface area (Å²) >= 11 is 1.95. The fourth-order valence-electron chi connectivity index (χ4n) is 2.74. The Bertz CT molecular complexity index is 866. The molecule has 2 atom stereocenters. The van der Waals surface area contributed by atoms with Gasteiger partial charge in [-0.2, -0.15) is 0 Å². The number of amidine groups is 1. The summed E-state index contributed by atoms with van der Waals surface area (Å²) in [5.41, 5.74) is -1.88. The summed E-state index contributed by atoms with van der Waals surface area (Å²) in [5, 5.41) is 11.2. The Hall–Kier alpha value is -1.30. The number of amides is 1. The first-order valence-corrected chi connectivity index (χ1v) is 10.0. The number of rotatable bonds is 2. The molecule has 0 fully saturated rings. The Morgan fingerprint density at radius 3 is 2.68 bits per heavy atom. The van der Waals surface area contributed by atoms with Crippen LogP contribution in [0.1, 0.15) is 19.4 Å². The number of carbonyl (C=O) groups is 1. The summed E-state index contributed by atoms with van der Waals surface area (Å²) in [6.07, 6.45) is -1.43. The molecule has 2 rings (SSSR count). The maximum atomic E-state index is 14.4. The molecular weight excluding hydrogens is 467 g/mol. The molecule has 1 aromatic rings. The molecule has 0 unspecified atom stereocenters. The predicted octanol–water partition coefficient (Wildman–Crippen LogP) is 3.15. The molecule has 1 aliphatic rings. The third-order valence-electron chi connectivity index (χ3n) is 4.30. The van der Waals surface area contributed by atoms with Crippen LogP contribution < -0.4 is 5.32 Å². The summed E-state index contributed by atoms with van der Waals surface area (Å²) in [5.74, 6) is -1.24. The van der Waals surface area contributed by atoms with E-state index in [-0.39, 0.29) is 17.2 Å². The van der Waals surface area contributed by atoms with Gasteiger partial charge in [-0.1, -0.05) is 0 Å². The molecule has 1 heterocycles. The van der Waals surface area contributed by atoms with E-state index in [9.17, 15) is 17.8 Å². The second-order valence-corrected chi connectivity index (χ2v) is 10.4. The highest BCUT2D eigenvalue weighted by Gasteiger charge is 2.51. The topological polar surface area (TPSA) is 91.1 Å². The third kappa shape index (κ3) is 3.37. The van der Waals surface area contributed by atoms with Crippen LogP contribution in [0.5, 0.6) is 0 Å². The molecule has 6 nitrogen and oxygen atoms in total. The van der Waals surface area contributed by atoms with E-state index in [0.717, 1.165) is 0 Å². The van der Waals surface area contributed by atoms with Crippen LogP contribution in [0, 0.1) is 9.39 Å².